The van der Waals surface area contributed by atoms with E-state index < -0.39 is 11.9 Å². The third-order valence-electron chi connectivity index (χ3n) is 2.67. The number of hydrogen-bond donors (Lipinski definition) is 2. The Morgan fingerprint density at radius 3 is 2.48 bits per heavy atom. The number of carbonyl (C=O) groups excluding carboxylic acids is 2. The molecule has 0 saturated heterocycles. The standard InChI is InChI=1S/C15H14N2O4/c1-2-21-15(20)10-6-8-11(9-7-10)16-14(19)12-4-3-5-13(18)17-12/h3-9H,2H2,1H3,(H,16,19)(H,17,18). The highest BCUT2D eigenvalue weighted by Gasteiger charge is 2.09. The zero-order valence-electron chi connectivity index (χ0n) is 11.4. The Hall–Kier alpha value is -2.89. The Morgan fingerprint density at radius 1 is 1.14 bits per heavy atom. The van der Waals surface area contributed by atoms with Gasteiger partial charge in [-0.1, -0.05) is 6.07 Å². The van der Waals surface area contributed by atoms with Crippen LogP contribution in [0.4, 0.5) is 5.69 Å². The maximum Gasteiger partial charge on any atom is 0.338 e. The average Bonchev–Trinajstić information content (AvgIpc) is 2.48. The van der Waals surface area contributed by atoms with Crippen molar-refractivity contribution in [3.05, 3.63) is 64.1 Å². The van der Waals surface area contributed by atoms with Gasteiger partial charge in [-0.2, -0.15) is 0 Å². The van der Waals surface area contributed by atoms with Gasteiger partial charge in [-0.15, -0.1) is 0 Å². The van der Waals surface area contributed by atoms with E-state index in [9.17, 15) is 14.4 Å². The second kappa shape index (κ2) is 6.51. The first-order valence-electron chi connectivity index (χ1n) is 6.38. The largest absolute Gasteiger partial charge is 0.462 e. The molecule has 0 atom stereocenters. The van der Waals surface area contributed by atoms with E-state index in [4.69, 9.17) is 4.74 Å². The van der Waals surface area contributed by atoms with Gasteiger partial charge in [0, 0.05) is 11.8 Å². The molecular weight excluding hydrogens is 272 g/mol. The first-order chi connectivity index (χ1) is 10.1. The lowest BCUT2D eigenvalue weighted by Crippen LogP contribution is -2.17. The van der Waals surface area contributed by atoms with Gasteiger partial charge >= 0.3 is 5.97 Å². The Bertz CT molecular complexity index is 704. The van der Waals surface area contributed by atoms with E-state index in [0.29, 0.717) is 17.9 Å². The second-order valence-corrected chi connectivity index (χ2v) is 4.18. The van der Waals surface area contributed by atoms with Crippen LogP contribution >= 0.6 is 0 Å². The Labute approximate surface area is 120 Å². The maximum absolute atomic E-state index is 11.9. The summed E-state index contributed by atoms with van der Waals surface area (Å²) in [6, 6.07) is 10.6. The van der Waals surface area contributed by atoms with Crippen LogP contribution in [0.25, 0.3) is 0 Å². The lowest BCUT2D eigenvalue weighted by atomic mass is 10.2. The fourth-order valence-electron chi connectivity index (χ4n) is 1.68. The minimum atomic E-state index is -0.434. The summed E-state index contributed by atoms with van der Waals surface area (Å²) in [6.45, 7) is 2.03. The zero-order valence-corrected chi connectivity index (χ0v) is 11.4. The molecule has 0 aliphatic rings. The number of aromatic amines is 1. The smallest absolute Gasteiger partial charge is 0.338 e. The second-order valence-electron chi connectivity index (χ2n) is 4.18. The molecule has 1 aromatic carbocycles. The number of nitrogens with one attached hydrogen (secondary N) is 2. The summed E-state index contributed by atoms with van der Waals surface area (Å²) in [5, 5.41) is 2.62. The zero-order chi connectivity index (χ0) is 15.2. The highest BCUT2D eigenvalue weighted by atomic mass is 16.5. The van der Waals surface area contributed by atoms with E-state index in [1.54, 1.807) is 31.2 Å². The molecule has 1 amide bonds. The van der Waals surface area contributed by atoms with Crippen LogP contribution in [-0.2, 0) is 4.74 Å². The molecular formula is C15H14N2O4. The van der Waals surface area contributed by atoms with Gasteiger partial charge in [0.15, 0.2) is 0 Å². The highest BCUT2D eigenvalue weighted by Crippen LogP contribution is 2.11. The molecule has 2 N–H and O–H groups in total. The first-order valence-corrected chi connectivity index (χ1v) is 6.38. The number of benzene rings is 1. The molecule has 0 aliphatic carbocycles. The van der Waals surface area contributed by atoms with Gasteiger partial charge in [0.25, 0.3) is 5.91 Å². The average molecular weight is 286 g/mol. The van der Waals surface area contributed by atoms with Crippen LogP contribution in [0, 0.1) is 0 Å². The molecule has 0 unspecified atom stereocenters. The van der Waals surface area contributed by atoms with Crippen LogP contribution in [0.15, 0.2) is 47.3 Å². The van der Waals surface area contributed by atoms with Crippen molar-refractivity contribution in [2.45, 2.75) is 6.92 Å². The molecule has 21 heavy (non-hydrogen) atoms. The lowest BCUT2D eigenvalue weighted by molar-refractivity contribution is 0.0526. The van der Waals surface area contributed by atoms with Crippen LogP contribution in [0.3, 0.4) is 0 Å². The molecule has 0 spiro atoms. The van der Waals surface area contributed by atoms with Crippen LogP contribution in [-0.4, -0.2) is 23.5 Å². The summed E-state index contributed by atoms with van der Waals surface area (Å²) < 4.78 is 4.87. The minimum absolute atomic E-state index is 0.164. The molecule has 0 fully saturated rings. The Kier molecular flexibility index (Phi) is 4.50. The van der Waals surface area contributed by atoms with Crippen molar-refractivity contribution in [3.8, 4) is 0 Å². The van der Waals surface area contributed by atoms with Gasteiger partial charge in [-0.25, -0.2) is 4.79 Å². The Balaban J connectivity index is 2.08. The number of rotatable bonds is 4. The van der Waals surface area contributed by atoms with Gasteiger partial charge in [0.1, 0.15) is 5.69 Å². The van der Waals surface area contributed by atoms with Gasteiger partial charge in [0.05, 0.1) is 12.2 Å². The molecule has 1 aromatic heterocycles. The van der Waals surface area contributed by atoms with Crippen molar-refractivity contribution in [1.29, 1.82) is 0 Å². The molecule has 0 saturated carbocycles. The van der Waals surface area contributed by atoms with Crippen LogP contribution < -0.4 is 10.9 Å². The maximum atomic E-state index is 11.9. The van der Waals surface area contributed by atoms with E-state index in [0.717, 1.165) is 0 Å². The van der Waals surface area contributed by atoms with Crippen LogP contribution in [0.2, 0.25) is 0 Å². The number of hydrogen-bond acceptors (Lipinski definition) is 4. The van der Waals surface area contributed by atoms with Crippen molar-refractivity contribution >= 4 is 17.6 Å². The monoisotopic (exact) mass is 286 g/mol. The topological polar surface area (TPSA) is 88.3 Å². The summed E-state index contributed by atoms with van der Waals surface area (Å²) in [5.74, 6) is -0.848. The number of amides is 1. The van der Waals surface area contributed by atoms with Crippen LogP contribution in [0.5, 0.6) is 0 Å². The lowest BCUT2D eigenvalue weighted by Gasteiger charge is -2.06. The van der Waals surface area contributed by atoms with Crippen molar-refractivity contribution in [2.75, 3.05) is 11.9 Å². The fraction of sp³-hybridized carbons (Fsp3) is 0.133. The first kappa shape index (κ1) is 14.5. The highest BCUT2D eigenvalue weighted by molar-refractivity contribution is 6.03. The quantitative estimate of drug-likeness (QED) is 0.839. The molecule has 108 valence electrons. The molecule has 1 heterocycles. The van der Waals surface area contributed by atoms with Gasteiger partial charge in [-0.3, -0.25) is 9.59 Å². The number of H-pyrrole nitrogens is 1. The number of anilines is 1. The molecule has 0 radical (unpaired) electrons. The van der Waals surface area contributed by atoms with Crippen molar-refractivity contribution in [3.63, 3.8) is 0 Å². The normalized spacial score (nSPS) is 9.95. The third-order valence-corrected chi connectivity index (χ3v) is 2.67. The van der Waals surface area contributed by atoms with E-state index in [1.165, 1.54) is 18.2 Å². The summed E-state index contributed by atoms with van der Waals surface area (Å²) in [4.78, 5) is 37.0. The number of carbonyl (C=O) groups is 2. The predicted molar refractivity (Wildman–Crippen MR) is 77.4 cm³/mol. The third kappa shape index (κ3) is 3.79. The van der Waals surface area contributed by atoms with Crippen molar-refractivity contribution in [2.24, 2.45) is 0 Å². The van der Waals surface area contributed by atoms with E-state index in [-0.39, 0.29) is 11.3 Å². The summed E-state index contributed by atoms with van der Waals surface area (Å²) in [6.07, 6.45) is 0. The number of aromatic nitrogens is 1. The summed E-state index contributed by atoms with van der Waals surface area (Å²) >= 11 is 0. The molecule has 2 aromatic rings. The SMILES string of the molecule is CCOC(=O)c1ccc(NC(=O)c2cccc(=O)[nH]2)cc1. The van der Waals surface area contributed by atoms with Crippen LogP contribution in [0.1, 0.15) is 27.8 Å². The predicted octanol–water partition coefficient (Wildman–Crippen LogP) is 1.80. The number of pyridine rings is 1. The molecule has 2 rings (SSSR count). The van der Waals surface area contributed by atoms with E-state index in [2.05, 4.69) is 10.3 Å². The summed E-state index contributed by atoms with van der Waals surface area (Å²) in [5.41, 5.74) is 0.734. The van der Waals surface area contributed by atoms with Gasteiger partial charge in [0.2, 0.25) is 5.56 Å². The number of esters is 1. The number of ether oxygens (including phenoxy) is 1. The molecule has 0 bridgehead atoms. The minimum Gasteiger partial charge on any atom is -0.462 e. The van der Waals surface area contributed by atoms with Crippen molar-refractivity contribution < 1.29 is 14.3 Å². The Morgan fingerprint density at radius 2 is 1.86 bits per heavy atom. The van der Waals surface area contributed by atoms with E-state index >= 15 is 0 Å². The van der Waals surface area contributed by atoms with E-state index in [1.807, 2.05) is 0 Å². The van der Waals surface area contributed by atoms with Crippen molar-refractivity contribution in [1.82, 2.24) is 4.98 Å². The summed E-state index contributed by atoms with van der Waals surface area (Å²) in [7, 11) is 0. The van der Waals surface area contributed by atoms with Gasteiger partial charge in [-0.05, 0) is 37.3 Å². The molecule has 6 nitrogen and oxygen atoms in total. The molecule has 0 aliphatic heterocycles. The molecule has 6 heteroatoms. The van der Waals surface area contributed by atoms with Gasteiger partial charge < -0.3 is 15.0 Å². The fourth-order valence-corrected chi connectivity index (χ4v) is 1.68.